The topological polar surface area (TPSA) is 273 Å². The molecule has 134 heavy (non-hydrogen) atoms. The molecule has 4 saturated heterocycles. The predicted molar refractivity (Wildman–Crippen MR) is 528 cm³/mol. The van der Waals surface area contributed by atoms with Crippen molar-refractivity contribution in [2.45, 2.75) is 492 Å². The van der Waals surface area contributed by atoms with E-state index in [0.29, 0.717) is 122 Å². The summed E-state index contributed by atoms with van der Waals surface area (Å²) in [6, 6.07) is 0.636. The molecule has 20 saturated carbocycles. The van der Waals surface area contributed by atoms with Crippen molar-refractivity contribution in [2.24, 2.45) is 189 Å². The van der Waals surface area contributed by atoms with Crippen molar-refractivity contribution >= 4 is 18.2 Å². The van der Waals surface area contributed by atoms with E-state index in [9.17, 15) is 25.2 Å². The van der Waals surface area contributed by atoms with Gasteiger partial charge in [-0.15, -0.1) is 12.4 Å². The van der Waals surface area contributed by atoms with Crippen molar-refractivity contribution in [3.63, 3.8) is 0 Å². The molecule has 45 atom stereocenters. The SMILES string of the molecule is C/C=C1/CCC2C3C(CC[C@]12C)[C@@]1(C)CC[C@@H](N)CC1[C@@H](O)[C@@H]3O.C/C=C1/CCC2C3C(CC[C@]12C)[C@@]1(C)CC[C@@H](N)CC1[C@H]1OC(C)(C)O[C@H]31.C/C=C1/CCC2C3C(CC[C@]12C)[C@@]1(C)CC[C@@H](N=[N+]=[N-])CC1[C@H]1OC(C)(C)O[C@H]31.C/C=C1/CCC2C3C(CC[C@]12C)[C@@]1(C)CC[C@H](O)CC1[C@H]1OC(C)(C)O[C@H]31.CC1(C)O[C@@H]2C3C(CC[C@]4(C)C(=O)CCC34)[C@@]3(C)CC[C@H](O)CC3[C@H]2O1.Cl. The lowest BCUT2D eigenvalue weighted by Gasteiger charge is -2.63. The van der Waals surface area contributed by atoms with Crippen LogP contribution in [0.5, 0.6) is 0 Å². The molecule has 8 N–H and O–H groups in total. The molecule has 0 aromatic heterocycles. The fourth-order valence-electron chi connectivity index (χ4n) is 41.2. The summed E-state index contributed by atoms with van der Waals surface area (Å²) in [4.78, 5) is 15.9. The highest BCUT2D eigenvalue weighted by molar-refractivity contribution is 5.87. The minimum atomic E-state index is -0.598. The van der Waals surface area contributed by atoms with Gasteiger partial charge in [0, 0.05) is 34.9 Å². The first-order chi connectivity index (χ1) is 62.6. The number of azide groups is 1. The summed E-state index contributed by atoms with van der Waals surface area (Å²) >= 11 is 0. The standard InChI is InChI=1S/C24H37N3O2.C24H39NO2.C24H38O3.C22H34O4.C21H35NO2.ClH/c1-6-14-7-8-16-19-17(10-12-23(14,16)4)24(5)11-9-15(26-27-25)13-18(24)20-21(19)29-22(2,3)28-20;2*1-6-14-7-8-16-19-17(10-12-23(14,16)4)24(5)11-9-15(25)13-18(24)20-21(19)27-22(2,3)26-20;1-20(2)25-18-15-11-12(23)7-9-21(15,3)14-8-10-22(4)13(5-6-16(22)24)17(14)19(18)26-20;1-4-12-5-6-14-17-15(8-10-20(12,14)2)21(3)9-7-13(22)11-16(21)18(23)19(17)24;/h6,15-21H,7-13H2,1-5H3;6,15-21H,7-13,25H2,1-5H3;6,15-21,25H,7-13H2,1-5H3;12-15,17-19,23H,5-11H2,1-4H3;4,13-19,23-24H,5-11,22H2,1-3H3;1H/b3*14-6-;;12-4-;/t2*15-,16?,17?,18?,19?,20-,21-,23-,24-;15-,16?,17?,18?,19?,20+,21+,23+,24+;12-,13?,14?,15?,17?,18+,19+,21+,22-;13-,14?,15?,16?,17?,18-,19-,20-,21-;/m11001./s1. The lowest BCUT2D eigenvalue weighted by atomic mass is 9.43. The van der Waals surface area contributed by atoms with Gasteiger partial charge < -0.3 is 69.8 Å². The number of carbonyl (C=O) groups is 1. The van der Waals surface area contributed by atoms with Gasteiger partial charge in [0.2, 0.25) is 0 Å². The Labute approximate surface area is 814 Å². The average molecular weight is 1880 g/mol. The smallest absolute Gasteiger partial charge is 0.163 e. The molecule has 18 nitrogen and oxygen atoms in total. The highest BCUT2D eigenvalue weighted by Gasteiger charge is 2.75. The Morgan fingerprint density at radius 3 is 0.896 bits per heavy atom. The lowest BCUT2D eigenvalue weighted by molar-refractivity contribution is -0.210. The molecule has 24 rings (SSSR count). The van der Waals surface area contributed by atoms with Crippen LogP contribution in [0.3, 0.4) is 0 Å². The third kappa shape index (κ3) is 15.4. The Balaban J connectivity index is 0.000000108. The van der Waals surface area contributed by atoms with E-state index in [1.807, 2.05) is 13.8 Å². The average Bonchev–Trinajstić information content (AvgIpc) is 1.49. The quantitative estimate of drug-likeness (QED) is 0.0616. The number of nitrogens with two attached hydrogens (primary N) is 2. The van der Waals surface area contributed by atoms with Gasteiger partial charge in [-0.3, -0.25) is 4.79 Å². The third-order valence-corrected chi connectivity index (χ3v) is 47.6. The zero-order valence-corrected chi connectivity index (χ0v) is 87.9. The summed E-state index contributed by atoms with van der Waals surface area (Å²) in [5, 5.41) is 47.1. The van der Waals surface area contributed by atoms with E-state index in [1.54, 1.807) is 22.3 Å². The summed E-state index contributed by atoms with van der Waals surface area (Å²) in [6.07, 6.45) is 49.2. The van der Waals surface area contributed by atoms with Gasteiger partial charge in [0.1, 0.15) is 5.78 Å². The van der Waals surface area contributed by atoms with Crippen LogP contribution in [0, 0.1) is 173 Å². The largest absolute Gasteiger partial charge is 0.393 e. The number of aliphatic hydroxyl groups excluding tert-OH is 4. The number of fused-ring (bicyclic) bond motifs is 37. The van der Waals surface area contributed by atoms with Crippen molar-refractivity contribution in [3.05, 3.63) is 57.0 Å². The number of rotatable bonds is 1. The second-order valence-electron chi connectivity index (χ2n) is 54.5. The van der Waals surface area contributed by atoms with Crippen molar-refractivity contribution < 1.29 is 63.1 Å². The van der Waals surface area contributed by atoms with Crippen LogP contribution in [-0.4, -0.2) is 141 Å². The maximum atomic E-state index is 12.7. The van der Waals surface area contributed by atoms with Gasteiger partial charge in [0.25, 0.3) is 0 Å². The van der Waals surface area contributed by atoms with Gasteiger partial charge in [-0.05, 0) is 474 Å². The molecule has 0 aromatic carbocycles. The molecule has 24 aliphatic rings. The van der Waals surface area contributed by atoms with Crippen molar-refractivity contribution in [1.82, 2.24) is 0 Å². The third-order valence-electron chi connectivity index (χ3n) is 47.6. The normalized spacial score (nSPS) is 56.7. The molecule has 20 unspecified atom stereocenters. The maximum absolute atomic E-state index is 12.7. The molecule has 19 heteroatoms. The summed E-state index contributed by atoms with van der Waals surface area (Å²) < 4.78 is 52.9. The minimum Gasteiger partial charge on any atom is -0.393 e. The van der Waals surface area contributed by atoms with E-state index in [2.05, 4.69) is 173 Å². The molecule has 0 bridgehead atoms. The number of halogens is 1. The molecule has 20 aliphatic carbocycles. The zero-order chi connectivity index (χ0) is 94.7. The Morgan fingerprint density at radius 2 is 0.560 bits per heavy atom. The molecule has 24 fully saturated rings. The molecule has 754 valence electrons. The number of ether oxygens (including phenoxy) is 8. The first-order valence-corrected chi connectivity index (χ1v) is 55.5. The molecular formula is C115H184ClN5O13. The summed E-state index contributed by atoms with van der Waals surface area (Å²) in [5.41, 5.74) is 30.8. The fraction of sp³-hybridized carbons (Fsp3) is 0.922. The van der Waals surface area contributed by atoms with Crippen molar-refractivity contribution in [2.75, 3.05) is 0 Å². The number of aliphatic hydroxyl groups is 4. The molecule has 0 amide bonds. The van der Waals surface area contributed by atoms with E-state index >= 15 is 0 Å². The van der Waals surface area contributed by atoms with E-state index < -0.39 is 35.4 Å². The van der Waals surface area contributed by atoms with Gasteiger partial charge in [0.05, 0.1) is 73.2 Å². The van der Waals surface area contributed by atoms with Crippen LogP contribution in [0.15, 0.2) is 51.7 Å². The summed E-state index contributed by atoms with van der Waals surface area (Å²) in [6.45, 7) is 50.2. The molecule has 4 aliphatic heterocycles. The molecule has 0 radical (unpaired) electrons. The van der Waals surface area contributed by atoms with Crippen LogP contribution in [0.2, 0.25) is 0 Å². The minimum absolute atomic E-state index is 0. The number of Topliss-reactive ketones (excluding diaryl/α,β-unsaturated/α-hetero) is 1. The van der Waals surface area contributed by atoms with E-state index in [4.69, 9.17) is 54.9 Å². The Bertz CT molecular complexity index is 4450. The van der Waals surface area contributed by atoms with Crippen LogP contribution in [0.4, 0.5) is 0 Å². The highest BCUT2D eigenvalue weighted by Crippen LogP contribution is 2.77. The van der Waals surface area contributed by atoms with Crippen LogP contribution in [0.25, 0.3) is 10.4 Å². The molecule has 0 spiro atoms. The molecule has 0 aromatic rings. The maximum Gasteiger partial charge on any atom is 0.163 e. The predicted octanol–water partition coefficient (Wildman–Crippen LogP) is 23.9. The van der Waals surface area contributed by atoms with Crippen molar-refractivity contribution in [1.29, 1.82) is 0 Å². The van der Waals surface area contributed by atoms with Gasteiger partial charge in [-0.25, -0.2) is 0 Å². The van der Waals surface area contributed by atoms with E-state index in [0.717, 1.165) is 127 Å². The van der Waals surface area contributed by atoms with Crippen LogP contribution >= 0.6 is 12.4 Å². The fourth-order valence-corrected chi connectivity index (χ4v) is 41.2. The Kier molecular flexibility index (Phi) is 26.2. The van der Waals surface area contributed by atoms with Crippen molar-refractivity contribution in [3.8, 4) is 0 Å². The van der Waals surface area contributed by atoms with Crippen LogP contribution in [0.1, 0.15) is 377 Å². The van der Waals surface area contributed by atoms with Crippen LogP contribution in [-0.2, 0) is 42.7 Å². The van der Waals surface area contributed by atoms with Gasteiger partial charge in [-0.2, -0.15) is 0 Å². The first-order valence-electron chi connectivity index (χ1n) is 55.5. The second-order valence-corrected chi connectivity index (χ2v) is 54.5. The number of allylic oxidation sites excluding steroid dienone is 8. The van der Waals surface area contributed by atoms with Gasteiger partial charge in [0.15, 0.2) is 23.1 Å². The number of hydrogen-bond donors (Lipinski definition) is 6. The van der Waals surface area contributed by atoms with E-state index in [1.165, 1.54) is 116 Å². The Morgan fingerprint density at radius 1 is 0.299 bits per heavy atom. The Hall–Kier alpha value is -2.33. The first kappa shape index (κ1) is 100. The number of carbonyl (C=O) groups excluding carboxylic acids is 1. The number of hydrogen-bond acceptors (Lipinski definition) is 16. The summed E-state index contributed by atoms with van der Waals surface area (Å²) in [7, 11) is 0. The van der Waals surface area contributed by atoms with Gasteiger partial charge in [-0.1, -0.05) is 121 Å². The van der Waals surface area contributed by atoms with E-state index in [-0.39, 0.29) is 130 Å². The zero-order valence-electron chi connectivity index (χ0n) is 87.1. The summed E-state index contributed by atoms with van der Waals surface area (Å²) in [5.74, 6) is 9.30. The van der Waals surface area contributed by atoms with Gasteiger partial charge >= 0.3 is 0 Å². The van der Waals surface area contributed by atoms with Crippen LogP contribution < -0.4 is 11.5 Å². The monoisotopic (exact) mass is 1880 g/mol. The number of ketones is 1. The molecular weight excluding hydrogens is 1690 g/mol. The highest BCUT2D eigenvalue weighted by atomic mass is 35.5. The number of nitrogens with zero attached hydrogens (tertiary/aromatic N) is 3. The lowest BCUT2D eigenvalue weighted by Crippen LogP contribution is -2.64. The second kappa shape index (κ2) is 35.0. The molecule has 4 heterocycles.